The Morgan fingerprint density at radius 2 is 1.76 bits per heavy atom. The lowest BCUT2D eigenvalue weighted by Gasteiger charge is -2.48. The van der Waals surface area contributed by atoms with Gasteiger partial charge in [-0.2, -0.15) is 0 Å². The third-order valence-corrected chi connectivity index (χ3v) is 4.98. The molecular weight excluding hydrogens is 264 g/mol. The fraction of sp³-hybridized carbons (Fsp3) is 0.647. The van der Waals surface area contributed by atoms with Crippen molar-refractivity contribution in [2.45, 2.75) is 56.8 Å². The zero-order valence-electron chi connectivity index (χ0n) is 13.0. The summed E-state index contributed by atoms with van der Waals surface area (Å²) in [5.41, 5.74) is 7.49. The molecule has 2 bridgehead atoms. The van der Waals surface area contributed by atoms with Crippen molar-refractivity contribution >= 4 is 0 Å². The van der Waals surface area contributed by atoms with Gasteiger partial charge in [0.15, 0.2) is 11.5 Å². The van der Waals surface area contributed by atoms with Crippen molar-refractivity contribution in [1.29, 1.82) is 0 Å². The Balaban J connectivity index is 1.77. The van der Waals surface area contributed by atoms with Crippen molar-refractivity contribution in [2.24, 2.45) is 5.73 Å². The Bertz CT molecular complexity index is 478. The predicted molar refractivity (Wildman–Crippen MR) is 83.7 cm³/mol. The fourth-order valence-electron chi connectivity index (χ4n) is 3.97. The Kier molecular flexibility index (Phi) is 4.36. The predicted octanol–water partition coefficient (Wildman–Crippen LogP) is 2.55. The summed E-state index contributed by atoms with van der Waals surface area (Å²) in [5, 5.41) is 0. The average Bonchev–Trinajstić information content (AvgIpc) is 2.48. The molecule has 4 nitrogen and oxygen atoms in total. The summed E-state index contributed by atoms with van der Waals surface area (Å²) < 4.78 is 10.7. The number of benzene rings is 1. The molecule has 0 amide bonds. The smallest absolute Gasteiger partial charge is 0.161 e. The standard InChI is InChI=1S/C17H26N2O2/c1-20-16-7-6-12(8-17(16)21-2)11-19-14-4-3-5-15(19)10-13(18)9-14/h6-8,13-15H,3-5,9-11,18H2,1-2H3. The molecule has 0 aromatic heterocycles. The summed E-state index contributed by atoms with van der Waals surface area (Å²) in [4.78, 5) is 2.66. The van der Waals surface area contributed by atoms with Crippen LogP contribution in [0.15, 0.2) is 18.2 Å². The second-order valence-corrected chi connectivity index (χ2v) is 6.33. The normalized spacial score (nSPS) is 29.2. The van der Waals surface area contributed by atoms with Crippen LogP contribution < -0.4 is 15.2 Å². The molecule has 0 radical (unpaired) electrons. The van der Waals surface area contributed by atoms with Crippen LogP contribution in [0.4, 0.5) is 0 Å². The molecule has 2 aliphatic heterocycles. The number of hydrogen-bond acceptors (Lipinski definition) is 4. The molecule has 0 saturated carbocycles. The Morgan fingerprint density at radius 1 is 1.10 bits per heavy atom. The van der Waals surface area contributed by atoms with Crippen LogP contribution in [0.5, 0.6) is 11.5 Å². The summed E-state index contributed by atoms with van der Waals surface area (Å²) in [6.45, 7) is 0.988. The quantitative estimate of drug-likeness (QED) is 0.926. The average molecular weight is 290 g/mol. The van der Waals surface area contributed by atoms with Gasteiger partial charge in [-0.25, -0.2) is 0 Å². The van der Waals surface area contributed by atoms with E-state index in [1.165, 1.54) is 24.8 Å². The van der Waals surface area contributed by atoms with Gasteiger partial charge in [0, 0.05) is 24.7 Å². The monoisotopic (exact) mass is 290 g/mol. The van der Waals surface area contributed by atoms with Gasteiger partial charge >= 0.3 is 0 Å². The number of nitrogens with two attached hydrogens (primary N) is 1. The van der Waals surface area contributed by atoms with Crippen LogP contribution in [0.2, 0.25) is 0 Å². The number of hydrogen-bond donors (Lipinski definition) is 1. The lowest BCUT2D eigenvalue weighted by Crippen LogP contribution is -2.54. The third-order valence-electron chi connectivity index (χ3n) is 4.98. The highest BCUT2D eigenvalue weighted by Crippen LogP contribution is 2.35. The Morgan fingerprint density at radius 3 is 2.38 bits per heavy atom. The number of fused-ring (bicyclic) bond motifs is 2. The Hall–Kier alpha value is -1.26. The summed E-state index contributed by atoms with van der Waals surface area (Å²) in [6, 6.07) is 7.94. The van der Waals surface area contributed by atoms with Gasteiger partial charge in [-0.15, -0.1) is 0 Å². The highest BCUT2D eigenvalue weighted by atomic mass is 16.5. The van der Waals surface area contributed by atoms with Crippen LogP contribution in [0, 0.1) is 0 Å². The van der Waals surface area contributed by atoms with Crippen LogP contribution in [0.25, 0.3) is 0 Å². The van der Waals surface area contributed by atoms with Crippen LogP contribution in [0.3, 0.4) is 0 Å². The van der Waals surface area contributed by atoms with Gasteiger partial charge in [-0.3, -0.25) is 4.90 Å². The van der Waals surface area contributed by atoms with Gasteiger partial charge in [-0.05, 0) is 43.4 Å². The minimum absolute atomic E-state index is 0.391. The van der Waals surface area contributed by atoms with E-state index in [-0.39, 0.29) is 0 Å². The van der Waals surface area contributed by atoms with Crippen LogP contribution in [0.1, 0.15) is 37.7 Å². The third kappa shape index (κ3) is 3.01. The van der Waals surface area contributed by atoms with E-state index in [1.807, 2.05) is 6.07 Å². The molecule has 2 fully saturated rings. The van der Waals surface area contributed by atoms with Crippen LogP contribution in [-0.4, -0.2) is 37.2 Å². The molecule has 1 aromatic rings. The highest BCUT2D eigenvalue weighted by molar-refractivity contribution is 5.42. The van der Waals surface area contributed by atoms with Crippen molar-refractivity contribution in [3.63, 3.8) is 0 Å². The van der Waals surface area contributed by atoms with Gasteiger partial charge in [0.1, 0.15) is 0 Å². The minimum Gasteiger partial charge on any atom is -0.493 e. The van der Waals surface area contributed by atoms with E-state index in [1.54, 1.807) is 14.2 Å². The van der Waals surface area contributed by atoms with E-state index in [9.17, 15) is 0 Å². The molecule has 2 saturated heterocycles. The summed E-state index contributed by atoms with van der Waals surface area (Å²) in [6.07, 6.45) is 6.22. The van der Waals surface area contributed by atoms with Crippen molar-refractivity contribution in [2.75, 3.05) is 14.2 Å². The molecule has 0 aliphatic carbocycles. The number of methoxy groups -OCH3 is 2. The first-order valence-corrected chi connectivity index (χ1v) is 7.93. The lowest BCUT2D eigenvalue weighted by atomic mass is 9.82. The molecule has 2 aliphatic rings. The second kappa shape index (κ2) is 6.24. The zero-order valence-corrected chi connectivity index (χ0v) is 13.0. The van der Waals surface area contributed by atoms with E-state index in [0.717, 1.165) is 30.9 Å². The van der Waals surface area contributed by atoms with E-state index in [4.69, 9.17) is 15.2 Å². The molecule has 116 valence electrons. The van der Waals surface area contributed by atoms with Crippen LogP contribution >= 0.6 is 0 Å². The largest absolute Gasteiger partial charge is 0.493 e. The van der Waals surface area contributed by atoms with Gasteiger partial charge in [0.25, 0.3) is 0 Å². The first-order chi connectivity index (χ1) is 10.2. The summed E-state index contributed by atoms with van der Waals surface area (Å²) in [5.74, 6) is 1.61. The van der Waals surface area contributed by atoms with Gasteiger partial charge in [0.05, 0.1) is 14.2 Å². The number of rotatable bonds is 4. The zero-order chi connectivity index (χ0) is 14.8. The van der Waals surface area contributed by atoms with Gasteiger partial charge in [0.2, 0.25) is 0 Å². The molecule has 2 unspecified atom stereocenters. The molecule has 1 aromatic carbocycles. The molecule has 21 heavy (non-hydrogen) atoms. The van der Waals surface area contributed by atoms with E-state index in [0.29, 0.717) is 18.1 Å². The molecule has 2 atom stereocenters. The maximum absolute atomic E-state index is 6.20. The van der Waals surface area contributed by atoms with E-state index >= 15 is 0 Å². The molecular formula is C17H26N2O2. The van der Waals surface area contributed by atoms with Crippen LogP contribution in [-0.2, 0) is 6.54 Å². The fourth-order valence-corrected chi connectivity index (χ4v) is 3.97. The highest BCUT2D eigenvalue weighted by Gasteiger charge is 2.36. The molecule has 3 rings (SSSR count). The number of piperidine rings is 2. The van der Waals surface area contributed by atoms with E-state index < -0.39 is 0 Å². The first-order valence-electron chi connectivity index (χ1n) is 7.93. The SMILES string of the molecule is COc1ccc(CN2C3CCCC2CC(N)C3)cc1OC. The minimum atomic E-state index is 0.391. The Labute approximate surface area is 127 Å². The van der Waals surface area contributed by atoms with Gasteiger partial charge in [-0.1, -0.05) is 12.5 Å². The topological polar surface area (TPSA) is 47.7 Å². The molecule has 2 N–H and O–H groups in total. The maximum Gasteiger partial charge on any atom is 0.161 e. The maximum atomic E-state index is 6.20. The molecule has 4 heteroatoms. The number of ether oxygens (including phenoxy) is 2. The summed E-state index contributed by atoms with van der Waals surface area (Å²) >= 11 is 0. The first kappa shape index (κ1) is 14.7. The molecule has 2 heterocycles. The van der Waals surface area contributed by atoms with Crippen molar-refractivity contribution < 1.29 is 9.47 Å². The summed E-state index contributed by atoms with van der Waals surface area (Å²) in [7, 11) is 3.37. The number of nitrogens with zero attached hydrogens (tertiary/aromatic N) is 1. The van der Waals surface area contributed by atoms with E-state index in [2.05, 4.69) is 17.0 Å². The van der Waals surface area contributed by atoms with Crippen molar-refractivity contribution in [3.8, 4) is 11.5 Å². The lowest BCUT2D eigenvalue weighted by molar-refractivity contribution is 0.0244. The molecule has 0 spiro atoms. The van der Waals surface area contributed by atoms with Crippen molar-refractivity contribution in [1.82, 2.24) is 4.90 Å². The van der Waals surface area contributed by atoms with Crippen molar-refractivity contribution in [3.05, 3.63) is 23.8 Å². The second-order valence-electron chi connectivity index (χ2n) is 6.33. The van der Waals surface area contributed by atoms with Gasteiger partial charge < -0.3 is 15.2 Å².